The van der Waals surface area contributed by atoms with Crippen molar-refractivity contribution in [1.29, 1.82) is 0 Å². The molecule has 6 heteroatoms. The zero-order valence-electron chi connectivity index (χ0n) is 17.2. The third kappa shape index (κ3) is 4.72. The van der Waals surface area contributed by atoms with E-state index in [-0.39, 0.29) is 29.7 Å². The summed E-state index contributed by atoms with van der Waals surface area (Å²) in [7, 11) is 0. The van der Waals surface area contributed by atoms with Crippen molar-refractivity contribution in [3.05, 3.63) is 35.1 Å². The van der Waals surface area contributed by atoms with Gasteiger partial charge in [-0.25, -0.2) is 4.39 Å². The Balaban J connectivity index is 1.51. The lowest BCUT2D eigenvalue weighted by molar-refractivity contribution is -0.127. The fourth-order valence-electron chi connectivity index (χ4n) is 4.22. The number of rotatable bonds is 4. The lowest BCUT2D eigenvalue weighted by Gasteiger charge is -2.38. The molecule has 28 heavy (non-hydrogen) atoms. The molecule has 0 radical (unpaired) electrons. The molecular formula is C22H32FN3O2. The van der Waals surface area contributed by atoms with Crippen LogP contribution in [0.3, 0.4) is 0 Å². The molecule has 2 fully saturated rings. The maximum Gasteiger partial charge on any atom is 0.254 e. The van der Waals surface area contributed by atoms with Gasteiger partial charge < -0.3 is 10.2 Å². The van der Waals surface area contributed by atoms with Crippen molar-refractivity contribution in [3.63, 3.8) is 0 Å². The van der Waals surface area contributed by atoms with Crippen molar-refractivity contribution < 1.29 is 14.0 Å². The van der Waals surface area contributed by atoms with Crippen LogP contribution in [0.15, 0.2) is 18.2 Å². The van der Waals surface area contributed by atoms with Crippen molar-refractivity contribution in [1.82, 2.24) is 15.1 Å². The monoisotopic (exact) mass is 389 g/mol. The predicted octanol–water partition coefficient (Wildman–Crippen LogP) is 2.98. The van der Waals surface area contributed by atoms with Gasteiger partial charge in [-0.3, -0.25) is 14.5 Å². The van der Waals surface area contributed by atoms with Gasteiger partial charge in [0.05, 0.1) is 6.04 Å². The van der Waals surface area contributed by atoms with Crippen LogP contribution in [0.4, 0.5) is 4.39 Å². The minimum atomic E-state index is -0.355. The second kappa shape index (κ2) is 9.03. The first kappa shape index (κ1) is 20.8. The normalized spacial score (nSPS) is 24.6. The molecule has 3 unspecified atom stereocenters. The van der Waals surface area contributed by atoms with E-state index < -0.39 is 0 Å². The maximum absolute atomic E-state index is 13.8. The highest BCUT2D eigenvalue weighted by Crippen LogP contribution is 2.24. The molecular weight excluding hydrogens is 357 g/mol. The number of nitrogens with one attached hydrogen (secondary N) is 1. The molecule has 3 atom stereocenters. The fourth-order valence-corrected chi connectivity index (χ4v) is 4.22. The number of amides is 2. The molecule has 1 saturated heterocycles. The summed E-state index contributed by atoms with van der Waals surface area (Å²) in [6.07, 6.45) is 4.68. The topological polar surface area (TPSA) is 52.7 Å². The van der Waals surface area contributed by atoms with E-state index in [4.69, 9.17) is 0 Å². The molecule has 3 rings (SSSR count). The number of benzene rings is 1. The SMILES string of the molecule is Cc1ccc(C(=O)N2CCN(C(C)C(=O)NC3CCCCC3C)CC2)cc1F. The van der Waals surface area contributed by atoms with Gasteiger partial charge in [0.25, 0.3) is 5.91 Å². The zero-order valence-corrected chi connectivity index (χ0v) is 17.2. The van der Waals surface area contributed by atoms with Crippen LogP contribution in [-0.2, 0) is 4.79 Å². The lowest BCUT2D eigenvalue weighted by Crippen LogP contribution is -2.56. The molecule has 1 aromatic carbocycles. The number of halogens is 1. The standard InChI is InChI=1S/C22H32FN3O2/c1-15-8-9-18(14-19(15)23)22(28)26-12-10-25(11-13-26)17(3)21(27)24-20-7-5-4-6-16(20)2/h8-9,14,16-17,20H,4-7,10-13H2,1-3H3,(H,24,27). The third-order valence-electron chi connectivity index (χ3n) is 6.39. The van der Waals surface area contributed by atoms with E-state index in [0.717, 1.165) is 6.42 Å². The largest absolute Gasteiger partial charge is 0.352 e. The minimum absolute atomic E-state index is 0.0825. The van der Waals surface area contributed by atoms with E-state index in [1.54, 1.807) is 24.0 Å². The van der Waals surface area contributed by atoms with Crippen molar-refractivity contribution in [2.45, 2.75) is 58.5 Å². The second-order valence-electron chi connectivity index (χ2n) is 8.34. The van der Waals surface area contributed by atoms with Gasteiger partial charge in [0.15, 0.2) is 0 Å². The van der Waals surface area contributed by atoms with Crippen molar-refractivity contribution in [2.75, 3.05) is 26.2 Å². The average molecular weight is 390 g/mol. The summed E-state index contributed by atoms with van der Waals surface area (Å²) < 4.78 is 13.8. The summed E-state index contributed by atoms with van der Waals surface area (Å²) in [5.74, 6) is 0.117. The molecule has 5 nitrogen and oxygen atoms in total. The fraction of sp³-hybridized carbons (Fsp3) is 0.636. The molecule has 1 aliphatic heterocycles. The molecule has 2 aliphatic rings. The van der Waals surface area contributed by atoms with E-state index in [1.165, 1.54) is 25.3 Å². The summed E-state index contributed by atoms with van der Waals surface area (Å²) in [5.41, 5.74) is 0.919. The quantitative estimate of drug-likeness (QED) is 0.861. The van der Waals surface area contributed by atoms with E-state index in [2.05, 4.69) is 17.1 Å². The van der Waals surface area contributed by atoms with Crippen molar-refractivity contribution in [2.24, 2.45) is 5.92 Å². The van der Waals surface area contributed by atoms with Gasteiger partial charge in [-0.15, -0.1) is 0 Å². The Bertz CT molecular complexity index is 716. The third-order valence-corrected chi connectivity index (χ3v) is 6.39. The lowest BCUT2D eigenvalue weighted by atomic mass is 9.86. The van der Waals surface area contributed by atoms with Gasteiger partial charge in [0, 0.05) is 37.8 Å². The van der Waals surface area contributed by atoms with Gasteiger partial charge >= 0.3 is 0 Å². The van der Waals surface area contributed by atoms with Crippen LogP contribution in [0.2, 0.25) is 0 Å². The van der Waals surface area contributed by atoms with E-state index in [0.29, 0.717) is 43.2 Å². The molecule has 0 bridgehead atoms. The minimum Gasteiger partial charge on any atom is -0.352 e. The molecule has 1 heterocycles. The molecule has 154 valence electrons. The number of nitrogens with zero attached hydrogens (tertiary/aromatic N) is 2. The molecule has 1 aromatic rings. The number of carbonyl (C=O) groups excluding carboxylic acids is 2. The van der Waals surface area contributed by atoms with Crippen LogP contribution in [0.1, 0.15) is 55.5 Å². The summed E-state index contributed by atoms with van der Waals surface area (Å²) in [6.45, 7) is 8.23. The zero-order chi connectivity index (χ0) is 20.3. The van der Waals surface area contributed by atoms with Crippen LogP contribution >= 0.6 is 0 Å². The highest BCUT2D eigenvalue weighted by Gasteiger charge is 2.30. The Morgan fingerprint density at radius 1 is 1.14 bits per heavy atom. The number of hydrogen-bond acceptors (Lipinski definition) is 3. The molecule has 1 saturated carbocycles. The Labute approximate surface area is 167 Å². The van der Waals surface area contributed by atoms with Gasteiger partial charge in [0.1, 0.15) is 5.82 Å². The van der Waals surface area contributed by atoms with E-state index >= 15 is 0 Å². The molecule has 1 aliphatic carbocycles. The van der Waals surface area contributed by atoms with Crippen LogP contribution in [0.25, 0.3) is 0 Å². The van der Waals surface area contributed by atoms with Gasteiger partial charge in [-0.1, -0.05) is 25.8 Å². The van der Waals surface area contributed by atoms with Crippen LogP contribution in [-0.4, -0.2) is 59.9 Å². The molecule has 0 aromatic heterocycles. The second-order valence-corrected chi connectivity index (χ2v) is 8.34. The molecule has 1 N–H and O–H groups in total. The number of aryl methyl sites for hydroxylation is 1. The Hall–Kier alpha value is -1.95. The Morgan fingerprint density at radius 2 is 1.82 bits per heavy atom. The smallest absolute Gasteiger partial charge is 0.254 e. The van der Waals surface area contributed by atoms with Gasteiger partial charge in [-0.2, -0.15) is 0 Å². The van der Waals surface area contributed by atoms with Crippen molar-refractivity contribution in [3.8, 4) is 0 Å². The predicted molar refractivity (Wildman–Crippen MR) is 108 cm³/mol. The Morgan fingerprint density at radius 3 is 2.46 bits per heavy atom. The molecule has 2 amide bonds. The first-order valence-corrected chi connectivity index (χ1v) is 10.5. The summed E-state index contributed by atoms with van der Waals surface area (Å²) in [5, 5.41) is 3.23. The molecule has 0 spiro atoms. The van der Waals surface area contributed by atoms with E-state index in [9.17, 15) is 14.0 Å². The summed E-state index contributed by atoms with van der Waals surface area (Å²) >= 11 is 0. The highest BCUT2D eigenvalue weighted by atomic mass is 19.1. The highest BCUT2D eigenvalue weighted by molar-refractivity contribution is 5.94. The number of carbonyl (C=O) groups is 2. The number of piperazine rings is 1. The Kier molecular flexibility index (Phi) is 6.70. The van der Waals surface area contributed by atoms with Crippen molar-refractivity contribution >= 4 is 11.8 Å². The van der Waals surface area contributed by atoms with Gasteiger partial charge in [-0.05, 0) is 50.3 Å². The number of hydrogen-bond donors (Lipinski definition) is 1. The summed E-state index contributed by atoms with van der Waals surface area (Å²) in [4.78, 5) is 29.2. The first-order valence-electron chi connectivity index (χ1n) is 10.5. The maximum atomic E-state index is 13.8. The van der Waals surface area contributed by atoms with Crippen LogP contribution in [0.5, 0.6) is 0 Å². The first-order chi connectivity index (χ1) is 13.4. The van der Waals surface area contributed by atoms with Crippen LogP contribution < -0.4 is 5.32 Å². The average Bonchev–Trinajstić information content (AvgIpc) is 2.70. The van der Waals surface area contributed by atoms with Gasteiger partial charge in [0.2, 0.25) is 5.91 Å². The summed E-state index contributed by atoms with van der Waals surface area (Å²) in [6, 6.07) is 4.70. The van der Waals surface area contributed by atoms with Crippen LogP contribution in [0, 0.1) is 18.7 Å². The van der Waals surface area contributed by atoms with E-state index in [1.807, 2.05) is 6.92 Å².